The SMILES string of the molecule is Nc1nnnn1CC(=O)N[C@H](Cc1ccccn1)C1CC(O)C1. The van der Waals surface area contributed by atoms with Gasteiger partial charge in [0.15, 0.2) is 0 Å². The van der Waals surface area contributed by atoms with Gasteiger partial charge in [-0.3, -0.25) is 9.78 Å². The molecule has 2 aromatic rings. The van der Waals surface area contributed by atoms with Crippen LogP contribution in [0.25, 0.3) is 0 Å². The van der Waals surface area contributed by atoms with Gasteiger partial charge in [0.1, 0.15) is 6.54 Å². The van der Waals surface area contributed by atoms with Crippen LogP contribution in [0.15, 0.2) is 24.4 Å². The molecule has 3 rings (SSSR count). The van der Waals surface area contributed by atoms with Crippen molar-refractivity contribution in [3.63, 3.8) is 0 Å². The molecule has 1 fully saturated rings. The number of pyridine rings is 1. The van der Waals surface area contributed by atoms with Gasteiger partial charge >= 0.3 is 0 Å². The van der Waals surface area contributed by atoms with Crippen molar-refractivity contribution in [3.05, 3.63) is 30.1 Å². The van der Waals surface area contributed by atoms with E-state index in [0.29, 0.717) is 19.3 Å². The molecule has 1 amide bonds. The van der Waals surface area contributed by atoms with Gasteiger partial charge in [0.2, 0.25) is 11.9 Å². The maximum absolute atomic E-state index is 12.2. The van der Waals surface area contributed by atoms with Crippen LogP contribution >= 0.6 is 0 Å². The average Bonchev–Trinajstić information content (AvgIpc) is 2.89. The lowest BCUT2D eigenvalue weighted by Crippen LogP contribution is -2.49. The number of hydrogen-bond acceptors (Lipinski definition) is 7. The molecule has 1 aliphatic rings. The van der Waals surface area contributed by atoms with E-state index in [1.54, 1.807) is 6.20 Å². The molecule has 9 heteroatoms. The topological polar surface area (TPSA) is 132 Å². The van der Waals surface area contributed by atoms with E-state index in [1.807, 2.05) is 18.2 Å². The minimum atomic E-state index is -0.279. The number of anilines is 1. The van der Waals surface area contributed by atoms with Crippen molar-refractivity contribution >= 4 is 11.9 Å². The van der Waals surface area contributed by atoms with Crippen LogP contribution in [0, 0.1) is 5.92 Å². The number of carbonyl (C=O) groups is 1. The first-order chi connectivity index (χ1) is 11.1. The average molecular weight is 317 g/mol. The molecule has 9 nitrogen and oxygen atoms in total. The Balaban J connectivity index is 1.63. The first kappa shape index (κ1) is 15.3. The molecule has 23 heavy (non-hydrogen) atoms. The fraction of sp³-hybridized carbons (Fsp3) is 0.500. The zero-order valence-corrected chi connectivity index (χ0v) is 12.5. The van der Waals surface area contributed by atoms with Gasteiger partial charge in [0.05, 0.1) is 6.10 Å². The number of nitrogens with two attached hydrogens (primary N) is 1. The number of nitrogen functional groups attached to an aromatic ring is 1. The molecule has 0 aliphatic heterocycles. The molecule has 1 saturated carbocycles. The zero-order chi connectivity index (χ0) is 16.2. The van der Waals surface area contributed by atoms with Crippen molar-refractivity contribution in [1.82, 2.24) is 30.5 Å². The molecule has 0 aromatic carbocycles. The number of nitrogens with one attached hydrogen (secondary N) is 1. The molecular weight excluding hydrogens is 298 g/mol. The third-order valence-electron chi connectivity index (χ3n) is 4.07. The third-order valence-corrected chi connectivity index (χ3v) is 4.07. The number of nitrogens with zero attached hydrogens (tertiary/aromatic N) is 5. The summed E-state index contributed by atoms with van der Waals surface area (Å²) in [5.41, 5.74) is 6.47. The molecule has 0 spiro atoms. The Kier molecular flexibility index (Phi) is 4.47. The van der Waals surface area contributed by atoms with Crippen LogP contribution in [-0.2, 0) is 17.8 Å². The molecule has 1 atom stereocenters. The first-order valence-electron chi connectivity index (χ1n) is 7.51. The fourth-order valence-electron chi connectivity index (χ4n) is 2.75. The Bertz CT molecular complexity index is 654. The summed E-state index contributed by atoms with van der Waals surface area (Å²) in [5.74, 6) is 0.119. The highest BCUT2D eigenvalue weighted by atomic mass is 16.3. The third kappa shape index (κ3) is 3.81. The Morgan fingerprint density at radius 1 is 1.48 bits per heavy atom. The van der Waals surface area contributed by atoms with E-state index in [1.165, 1.54) is 4.68 Å². The van der Waals surface area contributed by atoms with E-state index in [2.05, 4.69) is 25.8 Å². The number of aromatic nitrogens is 5. The van der Waals surface area contributed by atoms with Gasteiger partial charge in [-0.05, 0) is 41.3 Å². The normalized spacial score (nSPS) is 21.4. The van der Waals surface area contributed by atoms with Gasteiger partial charge in [-0.2, -0.15) is 0 Å². The van der Waals surface area contributed by atoms with Crippen LogP contribution in [0.5, 0.6) is 0 Å². The van der Waals surface area contributed by atoms with Crippen molar-refractivity contribution < 1.29 is 9.90 Å². The number of tetrazole rings is 1. The molecule has 0 radical (unpaired) electrons. The number of rotatable bonds is 6. The number of aliphatic hydroxyl groups is 1. The van der Waals surface area contributed by atoms with Gasteiger partial charge in [0.25, 0.3) is 0 Å². The van der Waals surface area contributed by atoms with Gasteiger partial charge in [-0.15, -0.1) is 0 Å². The van der Waals surface area contributed by atoms with E-state index < -0.39 is 0 Å². The van der Waals surface area contributed by atoms with Crippen LogP contribution < -0.4 is 11.1 Å². The van der Waals surface area contributed by atoms with Crippen molar-refractivity contribution in [2.45, 2.75) is 38.0 Å². The first-order valence-corrected chi connectivity index (χ1v) is 7.51. The maximum atomic E-state index is 12.2. The Morgan fingerprint density at radius 2 is 2.30 bits per heavy atom. The minimum absolute atomic E-state index is 0.0349. The lowest BCUT2D eigenvalue weighted by Gasteiger charge is -2.38. The summed E-state index contributed by atoms with van der Waals surface area (Å²) in [6.07, 6.45) is 3.44. The fourth-order valence-corrected chi connectivity index (χ4v) is 2.75. The molecule has 0 bridgehead atoms. The summed E-state index contributed by atoms with van der Waals surface area (Å²) in [4.78, 5) is 16.5. The lowest BCUT2D eigenvalue weighted by molar-refractivity contribution is -0.123. The minimum Gasteiger partial charge on any atom is -0.393 e. The molecule has 122 valence electrons. The summed E-state index contributed by atoms with van der Waals surface area (Å²) < 4.78 is 1.24. The largest absolute Gasteiger partial charge is 0.393 e. The summed E-state index contributed by atoms with van der Waals surface area (Å²) in [7, 11) is 0. The molecule has 0 saturated heterocycles. The van der Waals surface area contributed by atoms with Crippen LogP contribution in [0.4, 0.5) is 5.95 Å². The van der Waals surface area contributed by atoms with Gasteiger partial charge in [0, 0.05) is 24.4 Å². The quantitative estimate of drug-likeness (QED) is 0.632. The van der Waals surface area contributed by atoms with Crippen molar-refractivity contribution in [2.75, 3.05) is 5.73 Å². The molecule has 1 aliphatic carbocycles. The smallest absolute Gasteiger partial charge is 0.242 e. The van der Waals surface area contributed by atoms with Crippen LogP contribution in [0.2, 0.25) is 0 Å². The second kappa shape index (κ2) is 6.69. The van der Waals surface area contributed by atoms with Crippen molar-refractivity contribution in [3.8, 4) is 0 Å². The van der Waals surface area contributed by atoms with Gasteiger partial charge in [-0.1, -0.05) is 11.2 Å². The Labute approximate surface area is 132 Å². The molecule has 4 N–H and O–H groups in total. The highest BCUT2D eigenvalue weighted by Gasteiger charge is 2.35. The lowest BCUT2D eigenvalue weighted by atomic mass is 9.76. The molecule has 2 aromatic heterocycles. The van der Waals surface area contributed by atoms with Crippen LogP contribution in [-0.4, -0.2) is 48.4 Å². The van der Waals surface area contributed by atoms with Crippen molar-refractivity contribution in [2.24, 2.45) is 5.92 Å². The van der Waals surface area contributed by atoms with Gasteiger partial charge in [-0.25, -0.2) is 4.68 Å². The van der Waals surface area contributed by atoms with Gasteiger partial charge < -0.3 is 16.2 Å². The maximum Gasteiger partial charge on any atom is 0.242 e. The monoisotopic (exact) mass is 317 g/mol. The second-order valence-corrected chi connectivity index (χ2v) is 5.78. The van der Waals surface area contributed by atoms with E-state index >= 15 is 0 Å². The highest BCUT2D eigenvalue weighted by Crippen LogP contribution is 2.31. The van der Waals surface area contributed by atoms with Crippen LogP contribution in [0.3, 0.4) is 0 Å². The number of amides is 1. The Morgan fingerprint density at radius 3 is 2.91 bits per heavy atom. The molecular formula is C14H19N7O2. The predicted molar refractivity (Wildman–Crippen MR) is 80.8 cm³/mol. The summed E-state index contributed by atoms with van der Waals surface area (Å²) >= 11 is 0. The Hall–Kier alpha value is -2.55. The van der Waals surface area contributed by atoms with Crippen LogP contribution in [0.1, 0.15) is 18.5 Å². The van der Waals surface area contributed by atoms with Crippen molar-refractivity contribution in [1.29, 1.82) is 0 Å². The summed E-state index contributed by atoms with van der Waals surface area (Å²) in [5, 5.41) is 23.1. The highest BCUT2D eigenvalue weighted by molar-refractivity contribution is 5.76. The van der Waals surface area contributed by atoms with E-state index in [9.17, 15) is 9.90 Å². The number of hydrogen-bond donors (Lipinski definition) is 3. The van der Waals surface area contributed by atoms with E-state index in [-0.39, 0.29) is 36.5 Å². The van der Waals surface area contributed by atoms with E-state index in [0.717, 1.165) is 5.69 Å². The molecule has 2 heterocycles. The second-order valence-electron chi connectivity index (χ2n) is 5.78. The number of aliphatic hydroxyl groups excluding tert-OH is 1. The number of carbonyl (C=O) groups excluding carboxylic acids is 1. The summed E-state index contributed by atoms with van der Waals surface area (Å²) in [6.45, 7) is -0.0349. The van der Waals surface area contributed by atoms with E-state index in [4.69, 9.17) is 5.73 Å². The standard InChI is InChI=1S/C14H19N7O2/c15-14-18-19-20-21(14)8-13(23)17-12(9-5-11(22)6-9)7-10-3-1-2-4-16-10/h1-4,9,11-12,22H,5-8H2,(H,17,23)(H2,15,18,20)/t9?,11?,12-/m1/s1. The predicted octanol–water partition coefficient (Wildman–Crippen LogP) is -0.851. The zero-order valence-electron chi connectivity index (χ0n) is 12.5. The summed E-state index contributed by atoms with van der Waals surface area (Å²) in [6, 6.07) is 5.61. The molecule has 0 unspecified atom stereocenters.